The molecule has 1 atom stereocenters. The number of likely N-dealkylation sites (tertiary alicyclic amines) is 1. The van der Waals surface area contributed by atoms with Crippen LogP contribution in [0.3, 0.4) is 0 Å². The third-order valence-corrected chi connectivity index (χ3v) is 4.12. The van der Waals surface area contributed by atoms with Gasteiger partial charge in [-0.2, -0.15) is 0 Å². The van der Waals surface area contributed by atoms with Crippen LogP contribution in [-0.4, -0.2) is 30.4 Å². The van der Waals surface area contributed by atoms with E-state index in [-0.39, 0.29) is 11.8 Å². The fraction of sp³-hybridized carbons (Fsp3) is 0.588. The molecule has 1 aromatic rings. The van der Waals surface area contributed by atoms with Crippen LogP contribution in [0, 0.1) is 5.92 Å². The number of carbonyl (C=O) groups excluding carboxylic acids is 1. The van der Waals surface area contributed by atoms with Crippen LogP contribution in [-0.2, 0) is 11.3 Å². The van der Waals surface area contributed by atoms with Gasteiger partial charge in [-0.05, 0) is 50.0 Å². The van der Waals surface area contributed by atoms with Gasteiger partial charge >= 0.3 is 0 Å². The summed E-state index contributed by atoms with van der Waals surface area (Å²) in [4.78, 5) is 14.6. The fourth-order valence-corrected chi connectivity index (χ4v) is 2.84. The van der Waals surface area contributed by atoms with Crippen molar-refractivity contribution in [2.75, 3.05) is 25.0 Å². The van der Waals surface area contributed by atoms with Gasteiger partial charge in [-0.3, -0.25) is 9.69 Å². The van der Waals surface area contributed by atoms with Crippen LogP contribution in [0.4, 0.5) is 5.69 Å². The second-order valence-electron chi connectivity index (χ2n) is 5.89. The van der Waals surface area contributed by atoms with Gasteiger partial charge < -0.3 is 11.1 Å². The molecule has 0 aliphatic carbocycles. The van der Waals surface area contributed by atoms with E-state index in [1.54, 1.807) is 0 Å². The zero-order valence-corrected chi connectivity index (χ0v) is 13.0. The van der Waals surface area contributed by atoms with Gasteiger partial charge in [0.05, 0.1) is 5.92 Å². The second-order valence-corrected chi connectivity index (χ2v) is 5.89. The Balaban J connectivity index is 1.87. The van der Waals surface area contributed by atoms with Gasteiger partial charge in [-0.15, -0.1) is 0 Å². The number of amides is 1. The van der Waals surface area contributed by atoms with Gasteiger partial charge in [0, 0.05) is 18.8 Å². The lowest BCUT2D eigenvalue weighted by Gasteiger charge is -2.16. The molecular weight excluding hydrogens is 262 g/mol. The number of nitrogens with one attached hydrogen (secondary N) is 1. The predicted molar refractivity (Wildman–Crippen MR) is 87.0 cm³/mol. The molecule has 0 aromatic heterocycles. The van der Waals surface area contributed by atoms with Crippen molar-refractivity contribution in [2.45, 2.75) is 39.2 Å². The molecule has 0 saturated carbocycles. The molecule has 1 heterocycles. The van der Waals surface area contributed by atoms with Crippen LogP contribution in [0.25, 0.3) is 0 Å². The monoisotopic (exact) mass is 289 g/mol. The molecule has 116 valence electrons. The number of anilines is 1. The third-order valence-electron chi connectivity index (χ3n) is 4.12. The van der Waals surface area contributed by atoms with Crippen molar-refractivity contribution in [3.8, 4) is 0 Å². The number of rotatable bonds is 7. The van der Waals surface area contributed by atoms with Crippen LogP contribution < -0.4 is 11.1 Å². The highest BCUT2D eigenvalue weighted by molar-refractivity contribution is 5.92. The van der Waals surface area contributed by atoms with Crippen molar-refractivity contribution in [2.24, 2.45) is 11.7 Å². The van der Waals surface area contributed by atoms with Crippen LogP contribution >= 0.6 is 0 Å². The first-order chi connectivity index (χ1) is 10.2. The minimum Gasteiger partial charge on any atom is -0.330 e. The van der Waals surface area contributed by atoms with Crippen LogP contribution in [0.15, 0.2) is 24.3 Å². The number of nitrogens with two attached hydrogens (primary N) is 1. The van der Waals surface area contributed by atoms with Gasteiger partial charge in [-0.1, -0.05) is 25.5 Å². The molecule has 4 nitrogen and oxygen atoms in total. The summed E-state index contributed by atoms with van der Waals surface area (Å²) in [6.07, 6.45) is 4.44. The first-order valence-corrected chi connectivity index (χ1v) is 8.05. The molecular formula is C17H27N3O. The van der Waals surface area contributed by atoms with Crippen molar-refractivity contribution in [3.63, 3.8) is 0 Å². The largest absolute Gasteiger partial charge is 0.330 e. The van der Waals surface area contributed by atoms with E-state index >= 15 is 0 Å². The topological polar surface area (TPSA) is 58.4 Å². The average Bonchev–Trinajstić information content (AvgIpc) is 2.99. The molecule has 2 rings (SSSR count). The van der Waals surface area contributed by atoms with E-state index in [1.807, 2.05) is 12.1 Å². The summed E-state index contributed by atoms with van der Waals surface area (Å²) in [5.74, 6) is -0.0501. The molecule has 1 unspecified atom stereocenters. The lowest BCUT2D eigenvalue weighted by Crippen LogP contribution is -2.29. The maximum Gasteiger partial charge on any atom is 0.228 e. The SMILES string of the molecule is CCCC(CN)C(=O)Nc1ccc(CN2CCCC2)cc1. The molecule has 1 aromatic carbocycles. The Morgan fingerprint density at radius 3 is 2.52 bits per heavy atom. The molecule has 21 heavy (non-hydrogen) atoms. The van der Waals surface area contributed by atoms with E-state index in [9.17, 15) is 4.79 Å². The molecule has 0 radical (unpaired) electrons. The average molecular weight is 289 g/mol. The number of nitrogens with zero attached hydrogens (tertiary/aromatic N) is 1. The van der Waals surface area contributed by atoms with E-state index in [4.69, 9.17) is 5.73 Å². The maximum atomic E-state index is 12.1. The van der Waals surface area contributed by atoms with Gasteiger partial charge in [0.15, 0.2) is 0 Å². The summed E-state index contributed by atoms with van der Waals surface area (Å²) in [5, 5.41) is 2.97. The standard InChI is InChI=1S/C17H27N3O/c1-2-5-15(12-18)17(21)19-16-8-6-14(7-9-16)13-20-10-3-4-11-20/h6-9,15H,2-5,10-13,18H2,1H3,(H,19,21). The van der Waals surface area contributed by atoms with Crippen molar-refractivity contribution in [1.29, 1.82) is 0 Å². The van der Waals surface area contributed by atoms with E-state index in [0.29, 0.717) is 6.54 Å². The zero-order chi connectivity index (χ0) is 15.1. The summed E-state index contributed by atoms with van der Waals surface area (Å²) in [6.45, 7) is 5.90. The van der Waals surface area contributed by atoms with Crippen molar-refractivity contribution in [3.05, 3.63) is 29.8 Å². The fourth-order valence-electron chi connectivity index (χ4n) is 2.84. The Morgan fingerprint density at radius 1 is 1.29 bits per heavy atom. The van der Waals surface area contributed by atoms with Crippen LogP contribution in [0.2, 0.25) is 0 Å². The van der Waals surface area contributed by atoms with Crippen molar-refractivity contribution < 1.29 is 4.79 Å². The molecule has 0 spiro atoms. The Morgan fingerprint density at radius 2 is 1.95 bits per heavy atom. The smallest absolute Gasteiger partial charge is 0.228 e. The Hall–Kier alpha value is -1.39. The number of hydrogen-bond donors (Lipinski definition) is 2. The Kier molecular flexibility index (Phi) is 6.21. The third kappa shape index (κ3) is 4.83. The molecule has 1 fully saturated rings. The van der Waals surface area contributed by atoms with Gasteiger partial charge in [0.25, 0.3) is 0 Å². The molecule has 1 amide bonds. The highest BCUT2D eigenvalue weighted by Crippen LogP contribution is 2.16. The summed E-state index contributed by atoms with van der Waals surface area (Å²) in [7, 11) is 0. The predicted octanol–water partition coefficient (Wildman–Crippen LogP) is 2.60. The highest BCUT2D eigenvalue weighted by Gasteiger charge is 2.16. The highest BCUT2D eigenvalue weighted by atomic mass is 16.1. The maximum absolute atomic E-state index is 12.1. The molecule has 1 aliphatic heterocycles. The number of carbonyl (C=O) groups is 1. The summed E-state index contributed by atoms with van der Waals surface area (Å²) in [6, 6.07) is 8.18. The van der Waals surface area contributed by atoms with Gasteiger partial charge in [0.2, 0.25) is 5.91 Å². The molecule has 1 aliphatic rings. The molecule has 0 bridgehead atoms. The Bertz CT molecular complexity index is 438. The number of benzene rings is 1. The van der Waals surface area contributed by atoms with E-state index in [2.05, 4.69) is 29.3 Å². The lowest BCUT2D eigenvalue weighted by molar-refractivity contribution is -0.119. The minimum atomic E-state index is -0.0840. The first kappa shape index (κ1) is 16.0. The van der Waals surface area contributed by atoms with Crippen LogP contribution in [0.1, 0.15) is 38.2 Å². The van der Waals surface area contributed by atoms with Gasteiger partial charge in [0.1, 0.15) is 0 Å². The van der Waals surface area contributed by atoms with Crippen molar-refractivity contribution in [1.82, 2.24) is 4.90 Å². The second kappa shape index (κ2) is 8.15. The zero-order valence-electron chi connectivity index (χ0n) is 13.0. The van der Waals surface area contributed by atoms with Crippen molar-refractivity contribution >= 4 is 11.6 Å². The lowest BCUT2D eigenvalue weighted by atomic mass is 10.0. The molecule has 1 saturated heterocycles. The normalized spacial score (nSPS) is 16.9. The summed E-state index contributed by atoms with van der Waals surface area (Å²) in [5.41, 5.74) is 7.83. The first-order valence-electron chi connectivity index (χ1n) is 8.05. The Labute approximate surface area is 127 Å². The summed E-state index contributed by atoms with van der Waals surface area (Å²) >= 11 is 0. The molecule has 3 N–H and O–H groups in total. The minimum absolute atomic E-state index is 0.0339. The van der Waals surface area contributed by atoms with Crippen LogP contribution in [0.5, 0.6) is 0 Å². The van der Waals surface area contributed by atoms with E-state index < -0.39 is 0 Å². The van der Waals surface area contributed by atoms with E-state index in [0.717, 1.165) is 25.1 Å². The summed E-state index contributed by atoms with van der Waals surface area (Å²) < 4.78 is 0. The molecule has 4 heteroatoms. The van der Waals surface area contributed by atoms with Gasteiger partial charge in [-0.25, -0.2) is 0 Å². The quantitative estimate of drug-likeness (QED) is 0.811. The number of hydrogen-bond acceptors (Lipinski definition) is 3. The van der Waals surface area contributed by atoms with E-state index in [1.165, 1.54) is 31.5 Å².